The molecule has 0 unspecified atom stereocenters. The van der Waals surface area contributed by atoms with E-state index in [0.29, 0.717) is 19.7 Å². The van der Waals surface area contributed by atoms with E-state index >= 15 is 0 Å². The number of nitrogens with two attached hydrogens (primary N) is 1. The molecule has 2 aromatic heterocycles. The van der Waals surface area contributed by atoms with Crippen molar-refractivity contribution < 1.29 is 38.5 Å². The number of aliphatic carboxylic acids is 2. The minimum atomic E-state index is -1.82. The average Bonchev–Trinajstić information content (AvgIpc) is 3.40. The number of carboxylic acid groups (broad SMARTS) is 2. The molecular formula is C21H24N4O8. The smallest absolute Gasteiger partial charge is 0.414 e. The highest BCUT2D eigenvalue weighted by Crippen LogP contribution is 2.26. The topological polar surface area (TPSA) is 176 Å². The Balaban J connectivity index is 0.000000454. The van der Waals surface area contributed by atoms with Crippen LogP contribution in [0.25, 0.3) is 0 Å². The Labute approximate surface area is 188 Å². The number of carboxylic acids is 2. The van der Waals surface area contributed by atoms with Gasteiger partial charge in [0, 0.05) is 50.4 Å². The molecule has 0 bridgehead atoms. The van der Waals surface area contributed by atoms with E-state index in [4.69, 9.17) is 34.7 Å². The summed E-state index contributed by atoms with van der Waals surface area (Å²) in [7, 11) is 0. The van der Waals surface area contributed by atoms with Crippen LogP contribution in [0.3, 0.4) is 0 Å². The van der Waals surface area contributed by atoms with Crippen LogP contribution in [-0.4, -0.2) is 87.6 Å². The molecule has 33 heavy (non-hydrogen) atoms. The van der Waals surface area contributed by atoms with Crippen LogP contribution in [0, 0.1) is 5.92 Å². The van der Waals surface area contributed by atoms with Crippen LogP contribution in [0.4, 0.5) is 0 Å². The van der Waals surface area contributed by atoms with Crippen molar-refractivity contribution in [2.45, 2.75) is 12.6 Å². The third kappa shape index (κ3) is 6.14. The summed E-state index contributed by atoms with van der Waals surface area (Å²) < 4.78 is 11.2. The fourth-order valence-corrected chi connectivity index (χ4v) is 3.86. The number of carbonyl (C=O) groups excluding carboxylic acids is 2. The molecule has 2 saturated heterocycles. The van der Waals surface area contributed by atoms with E-state index in [1.165, 1.54) is 6.20 Å². The lowest BCUT2D eigenvalue weighted by Crippen LogP contribution is -2.34. The third-order valence-electron chi connectivity index (χ3n) is 5.34. The summed E-state index contributed by atoms with van der Waals surface area (Å²) in [5, 5.41) is 14.8. The normalized spacial score (nSPS) is 20.2. The Bertz CT molecular complexity index is 997. The molecule has 0 radical (unpaired) electrons. The van der Waals surface area contributed by atoms with Crippen molar-refractivity contribution in [3.05, 3.63) is 53.7 Å². The summed E-state index contributed by atoms with van der Waals surface area (Å²) in [4.78, 5) is 50.7. The van der Waals surface area contributed by atoms with Crippen molar-refractivity contribution in [3.8, 4) is 0 Å². The molecule has 176 valence electrons. The number of hydrogen-bond acceptors (Lipinski definition) is 8. The Morgan fingerprint density at radius 2 is 1.88 bits per heavy atom. The molecule has 4 heterocycles. The minimum Gasteiger partial charge on any atom is -0.473 e. The molecular weight excluding hydrogens is 436 g/mol. The van der Waals surface area contributed by atoms with E-state index in [1.807, 2.05) is 6.07 Å². The maximum Gasteiger partial charge on any atom is 0.414 e. The molecule has 2 atom stereocenters. The summed E-state index contributed by atoms with van der Waals surface area (Å²) >= 11 is 0. The lowest BCUT2D eigenvalue weighted by atomic mass is 10.1. The first-order valence-electron chi connectivity index (χ1n) is 10.1. The van der Waals surface area contributed by atoms with Crippen molar-refractivity contribution in [3.63, 3.8) is 0 Å². The van der Waals surface area contributed by atoms with Gasteiger partial charge in [-0.2, -0.15) is 0 Å². The first-order chi connectivity index (χ1) is 15.8. The highest BCUT2D eigenvalue weighted by molar-refractivity contribution is 6.27. The quantitative estimate of drug-likeness (QED) is 0.522. The number of likely N-dealkylation sites (tertiary alicyclic amines) is 1. The summed E-state index contributed by atoms with van der Waals surface area (Å²) in [5.74, 6) is -4.35. The standard InChI is InChI=1S/C19H22N4O4.C2H2O4/c20-18(24)17-15(2-1-4-21-17)19(25)23-10-14-9-22(5-7-27-16(14)11-23)8-13-3-6-26-12-13;3-1(4)2(5)6/h1-4,6,12,14,16H,5,7-11H2,(H2,20,24);(H,3,4)(H,5,6)/t14-,16+;/m0./s1. The summed E-state index contributed by atoms with van der Waals surface area (Å²) in [6, 6.07) is 5.19. The van der Waals surface area contributed by atoms with Crippen LogP contribution in [-0.2, 0) is 20.9 Å². The van der Waals surface area contributed by atoms with Crippen LogP contribution < -0.4 is 5.73 Å². The van der Waals surface area contributed by atoms with Crippen LogP contribution in [0.2, 0.25) is 0 Å². The fourth-order valence-electron chi connectivity index (χ4n) is 3.86. The van der Waals surface area contributed by atoms with Gasteiger partial charge in [-0.05, 0) is 18.2 Å². The first kappa shape index (κ1) is 23.9. The molecule has 12 nitrogen and oxygen atoms in total. The second kappa shape index (κ2) is 10.7. The van der Waals surface area contributed by atoms with Gasteiger partial charge in [0.05, 0.1) is 30.8 Å². The van der Waals surface area contributed by atoms with Gasteiger partial charge in [0.1, 0.15) is 5.69 Å². The van der Waals surface area contributed by atoms with E-state index in [-0.39, 0.29) is 29.2 Å². The molecule has 2 fully saturated rings. The minimum absolute atomic E-state index is 0.00278. The van der Waals surface area contributed by atoms with E-state index in [1.54, 1.807) is 29.6 Å². The Morgan fingerprint density at radius 3 is 2.52 bits per heavy atom. The lowest BCUT2D eigenvalue weighted by molar-refractivity contribution is -0.159. The van der Waals surface area contributed by atoms with E-state index in [2.05, 4.69) is 9.88 Å². The van der Waals surface area contributed by atoms with Crippen LogP contribution in [0.5, 0.6) is 0 Å². The first-order valence-corrected chi connectivity index (χ1v) is 10.1. The lowest BCUT2D eigenvalue weighted by Gasteiger charge is -2.23. The van der Waals surface area contributed by atoms with Crippen LogP contribution in [0.15, 0.2) is 41.3 Å². The summed E-state index contributed by atoms with van der Waals surface area (Å²) in [6.07, 6.45) is 4.88. The predicted octanol–water partition coefficient (Wildman–Crippen LogP) is -0.0979. The van der Waals surface area contributed by atoms with Gasteiger partial charge in [-0.25, -0.2) is 9.59 Å². The third-order valence-corrected chi connectivity index (χ3v) is 5.34. The number of fused-ring (bicyclic) bond motifs is 1. The van der Waals surface area contributed by atoms with E-state index in [9.17, 15) is 9.59 Å². The molecule has 0 spiro atoms. The van der Waals surface area contributed by atoms with Gasteiger partial charge in [0.2, 0.25) is 0 Å². The maximum absolute atomic E-state index is 12.9. The number of pyridine rings is 1. The molecule has 12 heteroatoms. The number of hydrogen-bond donors (Lipinski definition) is 3. The summed E-state index contributed by atoms with van der Waals surface area (Å²) in [5.41, 5.74) is 6.74. The summed E-state index contributed by atoms with van der Waals surface area (Å²) in [6.45, 7) is 4.20. The average molecular weight is 460 g/mol. The molecule has 2 aliphatic heterocycles. The second-order valence-electron chi connectivity index (χ2n) is 7.62. The Kier molecular flexibility index (Phi) is 7.74. The number of nitrogens with zero attached hydrogens (tertiary/aromatic N) is 3. The highest BCUT2D eigenvalue weighted by atomic mass is 16.5. The van der Waals surface area contributed by atoms with E-state index in [0.717, 1.165) is 25.2 Å². The van der Waals surface area contributed by atoms with Gasteiger partial charge in [-0.15, -0.1) is 0 Å². The highest BCUT2D eigenvalue weighted by Gasteiger charge is 2.39. The van der Waals surface area contributed by atoms with Crippen molar-refractivity contribution >= 4 is 23.8 Å². The number of amides is 2. The zero-order valence-corrected chi connectivity index (χ0v) is 17.6. The molecule has 2 aliphatic rings. The number of rotatable bonds is 4. The molecule has 4 rings (SSSR count). The van der Waals surface area contributed by atoms with Crippen molar-refractivity contribution in [1.82, 2.24) is 14.8 Å². The van der Waals surface area contributed by atoms with E-state index < -0.39 is 17.8 Å². The van der Waals surface area contributed by atoms with Gasteiger partial charge in [-0.3, -0.25) is 19.5 Å². The number of ether oxygens (including phenoxy) is 1. The molecule has 2 amide bonds. The number of primary amides is 1. The van der Waals surface area contributed by atoms with Crippen LogP contribution in [0.1, 0.15) is 26.4 Å². The maximum atomic E-state index is 12.9. The van der Waals surface area contributed by atoms with Gasteiger partial charge >= 0.3 is 11.9 Å². The van der Waals surface area contributed by atoms with Gasteiger partial charge in [0.25, 0.3) is 11.8 Å². The van der Waals surface area contributed by atoms with Gasteiger partial charge in [0.15, 0.2) is 0 Å². The zero-order chi connectivity index (χ0) is 24.0. The Hall–Kier alpha value is -3.77. The molecule has 0 saturated carbocycles. The number of carbonyl (C=O) groups is 4. The fraction of sp³-hybridized carbons (Fsp3) is 0.381. The predicted molar refractivity (Wildman–Crippen MR) is 111 cm³/mol. The van der Waals surface area contributed by atoms with Crippen molar-refractivity contribution in [2.75, 3.05) is 32.8 Å². The number of furan rings is 1. The molecule has 0 aliphatic carbocycles. The van der Waals surface area contributed by atoms with Crippen molar-refractivity contribution in [2.24, 2.45) is 11.7 Å². The zero-order valence-electron chi connectivity index (χ0n) is 17.6. The van der Waals surface area contributed by atoms with Crippen molar-refractivity contribution in [1.29, 1.82) is 0 Å². The molecule has 0 aromatic carbocycles. The monoisotopic (exact) mass is 460 g/mol. The largest absolute Gasteiger partial charge is 0.473 e. The molecule has 4 N–H and O–H groups in total. The van der Waals surface area contributed by atoms with Crippen LogP contribution >= 0.6 is 0 Å². The molecule has 2 aromatic rings. The SMILES string of the molecule is NC(=O)c1ncccc1C(=O)N1C[C@@H]2CN(Cc3ccoc3)CCO[C@@H]2C1.O=C(O)C(=O)O. The number of aromatic nitrogens is 1. The van der Waals surface area contributed by atoms with Gasteiger partial charge < -0.3 is 30.0 Å². The Morgan fingerprint density at radius 1 is 1.12 bits per heavy atom. The second-order valence-corrected chi connectivity index (χ2v) is 7.62. The van der Waals surface area contributed by atoms with Gasteiger partial charge in [-0.1, -0.05) is 0 Å².